The molecule has 0 spiro atoms. The first-order valence-electron chi connectivity index (χ1n) is 5.93. The summed E-state index contributed by atoms with van der Waals surface area (Å²) < 4.78 is 5.69. The summed E-state index contributed by atoms with van der Waals surface area (Å²) in [5.41, 5.74) is 2.84. The van der Waals surface area contributed by atoms with Gasteiger partial charge in [-0.25, -0.2) is 9.78 Å². The maximum Gasteiger partial charge on any atom is 0.335 e. The number of carboxylic acids is 1. The Labute approximate surface area is 111 Å². The molecule has 2 aromatic rings. The van der Waals surface area contributed by atoms with Crippen molar-refractivity contribution in [3.8, 4) is 11.6 Å². The Morgan fingerprint density at radius 2 is 1.89 bits per heavy atom. The van der Waals surface area contributed by atoms with Crippen LogP contribution in [0.1, 0.15) is 27.2 Å². The fourth-order valence-corrected chi connectivity index (χ4v) is 1.74. The molecule has 19 heavy (non-hydrogen) atoms. The quantitative estimate of drug-likeness (QED) is 0.914. The molecule has 0 aliphatic carbocycles. The van der Waals surface area contributed by atoms with E-state index < -0.39 is 5.97 Å². The average molecular weight is 257 g/mol. The summed E-state index contributed by atoms with van der Waals surface area (Å²) >= 11 is 0. The van der Waals surface area contributed by atoms with E-state index in [-0.39, 0.29) is 5.56 Å². The first-order chi connectivity index (χ1) is 8.95. The number of ether oxygens (including phenoxy) is 1. The number of pyridine rings is 1. The van der Waals surface area contributed by atoms with E-state index in [4.69, 9.17) is 9.84 Å². The first kappa shape index (κ1) is 13.1. The maximum absolute atomic E-state index is 11.0. The molecule has 0 saturated heterocycles. The number of nitrogens with zero attached hydrogens (tertiary/aromatic N) is 1. The van der Waals surface area contributed by atoms with Crippen molar-refractivity contribution in [3.63, 3.8) is 0 Å². The molecule has 1 heterocycles. The number of aromatic carboxylic acids is 1. The minimum absolute atomic E-state index is 0.174. The average Bonchev–Trinajstić information content (AvgIpc) is 2.33. The van der Waals surface area contributed by atoms with Crippen molar-refractivity contribution in [2.24, 2.45) is 0 Å². The summed E-state index contributed by atoms with van der Waals surface area (Å²) in [7, 11) is 0. The zero-order valence-electron chi connectivity index (χ0n) is 11.1. The van der Waals surface area contributed by atoms with Gasteiger partial charge in [0.05, 0.1) is 5.56 Å². The van der Waals surface area contributed by atoms with E-state index in [1.165, 1.54) is 12.1 Å². The van der Waals surface area contributed by atoms with Gasteiger partial charge in [0.1, 0.15) is 5.75 Å². The molecule has 1 N–H and O–H groups in total. The third-order valence-corrected chi connectivity index (χ3v) is 2.74. The lowest BCUT2D eigenvalue weighted by Crippen LogP contribution is -2.00. The van der Waals surface area contributed by atoms with Crippen LogP contribution in [0.2, 0.25) is 0 Å². The first-order valence-corrected chi connectivity index (χ1v) is 5.93. The molecule has 0 amide bonds. The SMILES string of the molecule is Cc1ccc(C)c(Oc2cc(C(=O)O)cc(C)n2)c1. The van der Waals surface area contributed by atoms with Gasteiger partial charge in [-0.15, -0.1) is 0 Å². The summed E-state index contributed by atoms with van der Waals surface area (Å²) in [6.45, 7) is 5.64. The fourth-order valence-electron chi connectivity index (χ4n) is 1.74. The van der Waals surface area contributed by atoms with Crippen LogP contribution in [0.4, 0.5) is 0 Å². The van der Waals surface area contributed by atoms with Gasteiger partial charge in [0.2, 0.25) is 5.88 Å². The van der Waals surface area contributed by atoms with Crippen LogP contribution < -0.4 is 4.74 Å². The van der Waals surface area contributed by atoms with E-state index >= 15 is 0 Å². The summed E-state index contributed by atoms with van der Waals surface area (Å²) in [6.07, 6.45) is 0. The Bertz CT molecular complexity index is 635. The van der Waals surface area contributed by atoms with E-state index in [0.717, 1.165) is 11.1 Å². The highest BCUT2D eigenvalue weighted by Gasteiger charge is 2.09. The van der Waals surface area contributed by atoms with Crippen LogP contribution >= 0.6 is 0 Å². The Hall–Kier alpha value is -2.36. The Kier molecular flexibility index (Phi) is 3.51. The number of hydrogen-bond acceptors (Lipinski definition) is 3. The number of benzene rings is 1. The Morgan fingerprint density at radius 1 is 1.16 bits per heavy atom. The second kappa shape index (κ2) is 5.10. The molecule has 0 radical (unpaired) electrons. The summed E-state index contributed by atoms with van der Waals surface area (Å²) in [5.74, 6) is -0.00291. The smallest absolute Gasteiger partial charge is 0.335 e. The largest absolute Gasteiger partial charge is 0.478 e. The minimum Gasteiger partial charge on any atom is -0.478 e. The molecule has 0 unspecified atom stereocenters. The Morgan fingerprint density at radius 3 is 2.58 bits per heavy atom. The zero-order chi connectivity index (χ0) is 14.0. The van der Waals surface area contributed by atoms with Crippen molar-refractivity contribution in [1.82, 2.24) is 4.98 Å². The maximum atomic E-state index is 11.0. The molecule has 0 saturated carbocycles. The van der Waals surface area contributed by atoms with Crippen molar-refractivity contribution in [2.45, 2.75) is 20.8 Å². The van der Waals surface area contributed by atoms with Crippen LogP contribution in [0.3, 0.4) is 0 Å². The van der Waals surface area contributed by atoms with Crippen LogP contribution in [-0.4, -0.2) is 16.1 Å². The molecule has 0 atom stereocenters. The highest BCUT2D eigenvalue weighted by atomic mass is 16.5. The molecular weight excluding hydrogens is 242 g/mol. The Balaban J connectivity index is 2.38. The monoisotopic (exact) mass is 257 g/mol. The molecule has 1 aromatic carbocycles. The van der Waals surface area contributed by atoms with Gasteiger partial charge >= 0.3 is 5.97 Å². The molecule has 4 nitrogen and oxygen atoms in total. The standard InChI is InChI=1S/C15H15NO3/c1-9-4-5-10(2)13(6-9)19-14-8-12(15(17)18)7-11(3)16-14/h4-8H,1-3H3,(H,17,18). The number of carbonyl (C=O) groups is 1. The van der Waals surface area contributed by atoms with Crippen LogP contribution in [0, 0.1) is 20.8 Å². The third kappa shape index (κ3) is 3.10. The van der Waals surface area contributed by atoms with Crippen molar-refractivity contribution in [1.29, 1.82) is 0 Å². The highest BCUT2D eigenvalue weighted by molar-refractivity contribution is 5.88. The molecule has 4 heteroatoms. The van der Waals surface area contributed by atoms with E-state index in [2.05, 4.69) is 4.98 Å². The topological polar surface area (TPSA) is 59.4 Å². The number of aromatic nitrogens is 1. The second-order valence-corrected chi connectivity index (χ2v) is 4.51. The second-order valence-electron chi connectivity index (χ2n) is 4.51. The predicted octanol–water partition coefficient (Wildman–Crippen LogP) is 3.50. The number of hydrogen-bond donors (Lipinski definition) is 1. The van der Waals surface area contributed by atoms with Crippen molar-refractivity contribution in [2.75, 3.05) is 0 Å². The van der Waals surface area contributed by atoms with Gasteiger partial charge in [0.25, 0.3) is 0 Å². The molecule has 98 valence electrons. The summed E-state index contributed by atoms with van der Waals surface area (Å²) in [4.78, 5) is 15.2. The highest BCUT2D eigenvalue weighted by Crippen LogP contribution is 2.25. The van der Waals surface area contributed by atoms with Crippen LogP contribution in [0.5, 0.6) is 11.6 Å². The van der Waals surface area contributed by atoms with Gasteiger partial charge in [0, 0.05) is 11.8 Å². The van der Waals surface area contributed by atoms with Crippen molar-refractivity contribution < 1.29 is 14.6 Å². The molecular formula is C15H15NO3. The molecule has 0 aliphatic heterocycles. The number of rotatable bonds is 3. The van der Waals surface area contributed by atoms with Crippen molar-refractivity contribution in [3.05, 3.63) is 52.7 Å². The molecule has 0 aliphatic rings. The normalized spacial score (nSPS) is 10.3. The van der Waals surface area contributed by atoms with Gasteiger partial charge in [-0.05, 0) is 44.0 Å². The van der Waals surface area contributed by atoms with Gasteiger partial charge in [-0.2, -0.15) is 0 Å². The lowest BCUT2D eigenvalue weighted by molar-refractivity contribution is 0.0696. The van der Waals surface area contributed by atoms with Gasteiger partial charge in [0.15, 0.2) is 0 Å². The fraction of sp³-hybridized carbons (Fsp3) is 0.200. The van der Waals surface area contributed by atoms with Crippen LogP contribution in [0.15, 0.2) is 30.3 Å². The lowest BCUT2D eigenvalue weighted by atomic mass is 10.1. The molecule has 2 rings (SSSR count). The van der Waals surface area contributed by atoms with E-state index in [0.29, 0.717) is 17.3 Å². The van der Waals surface area contributed by atoms with Gasteiger partial charge < -0.3 is 9.84 Å². The van der Waals surface area contributed by atoms with E-state index in [9.17, 15) is 4.79 Å². The zero-order valence-corrected chi connectivity index (χ0v) is 11.1. The van der Waals surface area contributed by atoms with E-state index in [1.807, 2.05) is 32.0 Å². The number of aryl methyl sites for hydroxylation is 3. The van der Waals surface area contributed by atoms with Crippen LogP contribution in [-0.2, 0) is 0 Å². The van der Waals surface area contributed by atoms with E-state index in [1.54, 1.807) is 6.92 Å². The summed E-state index contributed by atoms with van der Waals surface area (Å²) in [6, 6.07) is 8.79. The lowest BCUT2D eigenvalue weighted by Gasteiger charge is -2.10. The molecule has 0 fully saturated rings. The van der Waals surface area contributed by atoms with Gasteiger partial charge in [-0.1, -0.05) is 12.1 Å². The number of carboxylic acid groups (broad SMARTS) is 1. The minimum atomic E-state index is -0.990. The predicted molar refractivity (Wildman–Crippen MR) is 71.9 cm³/mol. The van der Waals surface area contributed by atoms with Gasteiger partial charge in [-0.3, -0.25) is 0 Å². The van der Waals surface area contributed by atoms with Crippen molar-refractivity contribution >= 4 is 5.97 Å². The summed E-state index contributed by atoms with van der Waals surface area (Å²) in [5, 5.41) is 9.02. The third-order valence-electron chi connectivity index (χ3n) is 2.74. The van der Waals surface area contributed by atoms with Crippen LogP contribution in [0.25, 0.3) is 0 Å². The molecule has 1 aromatic heterocycles. The molecule has 0 bridgehead atoms.